The lowest BCUT2D eigenvalue weighted by atomic mass is 10.2. The molecule has 24 heavy (non-hydrogen) atoms. The van der Waals surface area contributed by atoms with Crippen LogP contribution in [-0.4, -0.2) is 28.0 Å². The normalized spacial score (nSPS) is 10.8. The maximum atomic E-state index is 10.9. The number of hydrogen-bond donors (Lipinski definition) is 2. The molecule has 0 bridgehead atoms. The molecule has 0 atom stereocenters. The van der Waals surface area contributed by atoms with Gasteiger partial charge in [0.15, 0.2) is 0 Å². The molecule has 1 aromatic heterocycles. The van der Waals surface area contributed by atoms with Gasteiger partial charge in [0.25, 0.3) is 0 Å². The van der Waals surface area contributed by atoms with Gasteiger partial charge in [-0.25, -0.2) is 4.79 Å². The molecule has 1 heterocycles. The maximum absolute atomic E-state index is 10.9. The van der Waals surface area contributed by atoms with Crippen LogP contribution in [0.25, 0.3) is 10.9 Å². The largest absolute Gasteiger partial charge is 0.512 e. The summed E-state index contributed by atoms with van der Waals surface area (Å²) in [6.07, 6.45) is -1.41. The molecule has 0 spiro atoms. The van der Waals surface area contributed by atoms with Gasteiger partial charge in [0, 0.05) is 11.5 Å². The molecule has 0 radical (unpaired) electrons. The Balaban J connectivity index is 2.06. The number of carbonyl (C=O) groups is 1. The molecule has 6 nitrogen and oxygen atoms in total. The van der Waals surface area contributed by atoms with E-state index in [-0.39, 0.29) is 11.6 Å². The van der Waals surface area contributed by atoms with Crippen molar-refractivity contribution in [1.29, 1.82) is 0 Å². The minimum Gasteiger partial charge on any atom is -0.508 e. The second-order valence-electron chi connectivity index (χ2n) is 5.15. The zero-order valence-corrected chi connectivity index (χ0v) is 13.4. The summed E-state index contributed by atoms with van der Waals surface area (Å²) in [4.78, 5) is 10.9. The lowest BCUT2D eigenvalue weighted by molar-refractivity contribution is 0.141. The molecular formula is C17H14ClNO5. The molecule has 0 saturated heterocycles. The number of rotatable bonds is 4. The van der Waals surface area contributed by atoms with Gasteiger partial charge in [-0.1, -0.05) is 17.7 Å². The summed E-state index contributed by atoms with van der Waals surface area (Å²) in [5, 5.41) is 19.7. The van der Waals surface area contributed by atoms with Crippen molar-refractivity contribution in [3.8, 4) is 17.4 Å². The van der Waals surface area contributed by atoms with E-state index < -0.39 is 6.16 Å². The molecule has 0 fully saturated rings. The van der Waals surface area contributed by atoms with Gasteiger partial charge < -0.3 is 24.3 Å². The van der Waals surface area contributed by atoms with E-state index in [2.05, 4.69) is 0 Å². The molecule has 3 aromatic rings. The quantitative estimate of drug-likeness (QED) is 0.694. The number of fused-ring (bicyclic) bond motifs is 1. The standard InChI is InChI=1S/C17H14ClNO5/c1-23-15-5-2-10(6-13(15)18)9-19-14-4-3-12(20)7-11(14)8-16(19)24-17(21)22/h2-8,20H,9H2,1H3,(H,21,22). The third-order valence-corrected chi connectivity index (χ3v) is 3.89. The highest BCUT2D eigenvalue weighted by atomic mass is 35.5. The Morgan fingerprint density at radius 2 is 2.00 bits per heavy atom. The number of carboxylic acid groups (broad SMARTS) is 1. The first-order valence-electron chi connectivity index (χ1n) is 7.03. The number of aromatic hydroxyl groups is 1. The number of nitrogens with zero attached hydrogens (tertiary/aromatic N) is 1. The first-order chi connectivity index (χ1) is 11.5. The topological polar surface area (TPSA) is 80.9 Å². The fourth-order valence-electron chi connectivity index (χ4n) is 2.56. The summed E-state index contributed by atoms with van der Waals surface area (Å²) in [7, 11) is 1.53. The fraction of sp³-hybridized carbons (Fsp3) is 0.118. The Morgan fingerprint density at radius 1 is 1.21 bits per heavy atom. The summed E-state index contributed by atoms with van der Waals surface area (Å²) < 4.78 is 11.7. The molecule has 2 N–H and O–H groups in total. The molecular weight excluding hydrogens is 334 g/mol. The van der Waals surface area contributed by atoms with E-state index in [4.69, 9.17) is 26.2 Å². The van der Waals surface area contributed by atoms with Gasteiger partial charge in [-0.05, 0) is 35.9 Å². The van der Waals surface area contributed by atoms with Crippen molar-refractivity contribution < 1.29 is 24.5 Å². The van der Waals surface area contributed by atoms with Crippen molar-refractivity contribution >= 4 is 28.7 Å². The molecule has 124 valence electrons. The number of halogens is 1. The highest BCUT2D eigenvalue weighted by Crippen LogP contribution is 2.31. The Kier molecular flexibility index (Phi) is 4.22. The summed E-state index contributed by atoms with van der Waals surface area (Å²) in [6, 6.07) is 11.7. The van der Waals surface area contributed by atoms with Gasteiger partial charge in [-0.15, -0.1) is 0 Å². The van der Waals surface area contributed by atoms with Crippen molar-refractivity contribution in [2.45, 2.75) is 6.54 Å². The Labute approximate surface area is 142 Å². The Morgan fingerprint density at radius 3 is 2.67 bits per heavy atom. The number of benzene rings is 2. The van der Waals surface area contributed by atoms with Crippen LogP contribution in [0.3, 0.4) is 0 Å². The average Bonchev–Trinajstić information content (AvgIpc) is 2.83. The smallest absolute Gasteiger partial charge is 0.508 e. The third kappa shape index (κ3) is 3.09. The van der Waals surface area contributed by atoms with E-state index >= 15 is 0 Å². The first-order valence-corrected chi connectivity index (χ1v) is 7.41. The van der Waals surface area contributed by atoms with Gasteiger partial charge in [0.05, 0.1) is 24.2 Å². The van der Waals surface area contributed by atoms with Crippen LogP contribution in [0.15, 0.2) is 42.5 Å². The zero-order valence-electron chi connectivity index (χ0n) is 12.7. The van der Waals surface area contributed by atoms with Crippen LogP contribution in [0, 0.1) is 0 Å². The van der Waals surface area contributed by atoms with Gasteiger partial charge in [0.2, 0.25) is 5.88 Å². The fourth-order valence-corrected chi connectivity index (χ4v) is 2.84. The summed E-state index contributed by atoms with van der Waals surface area (Å²) in [5.74, 6) is 0.814. The molecule has 0 aliphatic heterocycles. The minimum atomic E-state index is -1.41. The van der Waals surface area contributed by atoms with Crippen molar-refractivity contribution in [2.24, 2.45) is 0 Å². The average molecular weight is 348 g/mol. The van der Waals surface area contributed by atoms with Crippen LogP contribution >= 0.6 is 11.6 Å². The predicted octanol–water partition coefficient (Wildman–Crippen LogP) is 4.11. The van der Waals surface area contributed by atoms with E-state index in [0.717, 1.165) is 11.1 Å². The van der Waals surface area contributed by atoms with E-state index in [1.165, 1.54) is 13.2 Å². The van der Waals surface area contributed by atoms with Crippen LogP contribution in [0.2, 0.25) is 5.02 Å². The number of ether oxygens (including phenoxy) is 2. The van der Waals surface area contributed by atoms with Crippen LogP contribution in [-0.2, 0) is 6.54 Å². The van der Waals surface area contributed by atoms with Crippen LogP contribution in [0.4, 0.5) is 4.79 Å². The van der Waals surface area contributed by atoms with Gasteiger partial charge in [-0.3, -0.25) is 0 Å². The summed E-state index contributed by atoms with van der Waals surface area (Å²) in [6.45, 7) is 0.348. The van der Waals surface area contributed by atoms with E-state index in [1.54, 1.807) is 34.9 Å². The van der Waals surface area contributed by atoms with Crippen molar-refractivity contribution in [3.63, 3.8) is 0 Å². The van der Waals surface area contributed by atoms with E-state index in [9.17, 15) is 9.90 Å². The lowest BCUT2D eigenvalue weighted by Crippen LogP contribution is -2.09. The number of phenolic OH excluding ortho intramolecular Hbond substituents is 1. The third-order valence-electron chi connectivity index (χ3n) is 3.60. The maximum Gasteiger partial charge on any atom is 0.512 e. The van der Waals surface area contributed by atoms with Crippen LogP contribution in [0.1, 0.15) is 5.56 Å². The van der Waals surface area contributed by atoms with E-state index in [0.29, 0.717) is 22.7 Å². The second kappa shape index (κ2) is 6.33. The number of phenols is 1. The second-order valence-corrected chi connectivity index (χ2v) is 5.56. The van der Waals surface area contributed by atoms with Crippen molar-refractivity contribution in [2.75, 3.05) is 7.11 Å². The molecule has 3 rings (SSSR count). The molecule has 0 aliphatic rings. The summed E-state index contributed by atoms with van der Waals surface area (Å²) in [5.41, 5.74) is 1.58. The predicted molar refractivity (Wildman–Crippen MR) is 89.4 cm³/mol. The van der Waals surface area contributed by atoms with Crippen LogP contribution in [0.5, 0.6) is 17.4 Å². The molecule has 0 amide bonds. The van der Waals surface area contributed by atoms with Gasteiger partial charge in [-0.2, -0.15) is 0 Å². The van der Waals surface area contributed by atoms with Crippen LogP contribution < -0.4 is 9.47 Å². The van der Waals surface area contributed by atoms with Crippen molar-refractivity contribution in [3.05, 3.63) is 53.1 Å². The molecule has 0 saturated carbocycles. The van der Waals surface area contributed by atoms with Crippen molar-refractivity contribution in [1.82, 2.24) is 4.57 Å². The molecule has 2 aromatic carbocycles. The zero-order chi connectivity index (χ0) is 17.3. The number of methoxy groups -OCH3 is 1. The van der Waals surface area contributed by atoms with E-state index in [1.807, 2.05) is 6.07 Å². The highest BCUT2D eigenvalue weighted by Gasteiger charge is 2.14. The van der Waals surface area contributed by atoms with Gasteiger partial charge in [0.1, 0.15) is 11.5 Å². The number of hydrogen-bond acceptors (Lipinski definition) is 4. The molecule has 0 unspecified atom stereocenters. The lowest BCUT2D eigenvalue weighted by Gasteiger charge is -2.11. The summed E-state index contributed by atoms with van der Waals surface area (Å²) >= 11 is 6.14. The minimum absolute atomic E-state index is 0.0917. The SMILES string of the molecule is COc1ccc(Cn2c(OC(=O)O)cc3cc(O)ccc32)cc1Cl. The Hall–Kier alpha value is -2.86. The molecule has 7 heteroatoms. The Bertz CT molecular complexity index is 919. The van der Waals surface area contributed by atoms with Gasteiger partial charge >= 0.3 is 6.16 Å². The monoisotopic (exact) mass is 347 g/mol. The first kappa shape index (κ1) is 16.0. The number of aromatic nitrogens is 1. The molecule has 0 aliphatic carbocycles. The highest BCUT2D eigenvalue weighted by molar-refractivity contribution is 6.32.